The van der Waals surface area contributed by atoms with Crippen LogP contribution >= 0.6 is 0 Å². The van der Waals surface area contributed by atoms with Crippen molar-refractivity contribution in [1.82, 2.24) is 9.38 Å². The van der Waals surface area contributed by atoms with Crippen LogP contribution in [0.1, 0.15) is 11.1 Å². The Morgan fingerprint density at radius 1 is 1.43 bits per heavy atom. The van der Waals surface area contributed by atoms with Crippen molar-refractivity contribution < 1.29 is 9.84 Å². The van der Waals surface area contributed by atoms with E-state index in [9.17, 15) is 10.4 Å². The van der Waals surface area contributed by atoms with Gasteiger partial charge in [0.25, 0.3) is 0 Å². The lowest BCUT2D eigenvalue weighted by molar-refractivity contribution is 0.0727. The maximum atomic E-state index is 9.85. The van der Waals surface area contributed by atoms with Gasteiger partial charge in [-0.25, -0.2) is 4.98 Å². The first-order valence-corrected chi connectivity index (χ1v) is 7.37. The molecule has 1 aromatic carbocycles. The molecular formula is C17H18N4O2. The molecular weight excluding hydrogens is 292 g/mol. The second-order valence-corrected chi connectivity index (χ2v) is 5.45. The van der Waals surface area contributed by atoms with Gasteiger partial charge >= 0.3 is 0 Å². The number of ether oxygens (including phenoxy) is 1. The minimum Gasteiger partial charge on any atom is -0.389 e. The molecule has 23 heavy (non-hydrogen) atoms. The number of aromatic nitrogens is 2. The normalized spacial score (nSPS) is 12.4. The molecule has 2 heterocycles. The number of aliphatic hydroxyl groups is 1. The lowest BCUT2D eigenvalue weighted by Crippen LogP contribution is -2.25. The predicted octanol–water partition coefficient (Wildman–Crippen LogP) is 2.09. The number of nitriles is 1. The highest BCUT2D eigenvalue weighted by Crippen LogP contribution is 2.26. The molecule has 6 nitrogen and oxygen atoms in total. The van der Waals surface area contributed by atoms with E-state index in [0.717, 1.165) is 22.4 Å². The Kier molecular flexibility index (Phi) is 4.15. The van der Waals surface area contributed by atoms with Crippen molar-refractivity contribution in [3.63, 3.8) is 0 Å². The molecule has 1 unspecified atom stereocenters. The summed E-state index contributed by atoms with van der Waals surface area (Å²) in [5, 5.41) is 22.5. The van der Waals surface area contributed by atoms with Crippen LogP contribution in [-0.2, 0) is 4.74 Å². The predicted molar refractivity (Wildman–Crippen MR) is 88.5 cm³/mol. The monoisotopic (exact) mass is 310 g/mol. The van der Waals surface area contributed by atoms with Gasteiger partial charge in [-0.05, 0) is 30.7 Å². The zero-order chi connectivity index (χ0) is 16.4. The van der Waals surface area contributed by atoms with Crippen molar-refractivity contribution in [3.8, 4) is 6.07 Å². The molecule has 3 aromatic rings. The van der Waals surface area contributed by atoms with E-state index in [4.69, 9.17) is 4.74 Å². The second kappa shape index (κ2) is 6.24. The fourth-order valence-electron chi connectivity index (χ4n) is 2.70. The number of aliphatic hydroxyl groups excluding tert-OH is 1. The number of rotatable bonds is 5. The Labute approximate surface area is 133 Å². The number of hydrogen-bond donors (Lipinski definition) is 2. The molecule has 0 amide bonds. The minimum atomic E-state index is -0.610. The molecule has 0 bridgehead atoms. The molecule has 3 rings (SSSR count). The van der Waals surface area contributed by atoms with E-state index >= 15 is 0 Å². The van der Waals surface area contributed by atoms with Crippen molar-refractivity contribution in [1.29, 1.82) is 5.26 Å². The number of methoxy groups -OCH3 is 1. The molecule has 118 valence electrons. The number of para-hydroxylation sites is 2. The van der Waals surface area contributed by atoms with Crippen LogP contribution in [0.5, 0.6) is 0 Å². The number of nitrogens with zero attached hydrogens (tertiary/aromatic N) is 3. The Morgan fingerprint density at radius 2 is 2.22 bits per heavy atom. The average Bonchev–Trinajstić information content (AvgIpc) is 2.92. The number of nitrogens with one attached hydrogen (secondary N) is 1. The summed E-state index contributed by atoms with van der Waals surface area (Å²) in [7, 11) is 1.55. The van der Waals surface area contributed by atoms with Crippen LogP contribution in [0.2, 0.25) is 0 Å². The Bertz CT molecular complexity index is 895. The Morgan fingerprint density at radius 3 is 2.96 bits per heavy atom. The van der Waals surface area contributed by atoms with Crippen LogP contribution in [0.25, 0.3) is 16.7 Å². The molecule has 0 aliphatic carbocycles. The molecule has 6 heteroatoms. The van der Waals surface area contributed by atoms with Gasteiger partial charge in [-0.3, -0.25) is 4.40 Å². The molecule has 0 spiro atoms. The maximum Gasteiger partial charge on any atom is 0.157 e. The van der Waals surface area contributed by atoms with Gasteiger partial charge in [-0.15, -0.1) is 0 Å². The fourth-order valence-corrected chi connectivity index (χ4v) is 2.70. The number of fused-ring (bicyclic) bond motifs is 3. The van der Waals surface area contributed by atoms with E-state index in [-0.39, 0.29) is 6.61 Å². The van der Waals surface area contributed by atoms with Gasteiger partial charge in [0.2, 0.25) is 0 Å². The first kappa shape index (κ1) is 15.3. The lowest BCUT2D eigenvalue weighted by Gasteiger charge is -2.15. The first-order valence-electron chi connectivity index (χ1n) is 7.37. The van der Waals surface area contributed by atoms with Crippen LogP contribution in [-0.4, -0.2) is 40.9 Å². The fraction of sp³-hybridized carbons (Fsp3) is 0.294. The highest BCUT2D eigenvalue weighted by molar-refractivity contribution is 5.85. The molecule has 0 saturated carbocycles. The van der Waals surface area contributed by atoms with Crippen LogP contribution in [0.3, 0.4) is 0 Å². The Balaban J connectivity index is 2.15. The van der Waals surface area contributed by atoms with Crippen molar-refractivity contribution in [2.45, 2.75) is 13.0 Å². The average molecular weight is 310 g/mol. The molecule has 2 N–H and O–H groups in total. The van der Waals surface area contributed by atoms with E-state index < -0.39 is 6.10 Å². The van der Waals surface area contributed by atoms with Crippen molar-refractivity contribution in [2.24, 2.45) is 0 Å². The number of benzene rings is 1. The largest absolute Gasteiger partial charge is 0.389 e. The molecule has 0 aliphatic rings. The summed E-state index contributed by atoms with van der Waals surface area (Å²) in [5.74, 6) is 0.792. The summed E-state index contributed by atoms with van der Waals surface area (Å²) in [6.07, 6.45) is -0.610. The smallest absolute Gasteiger partial charge is 0.157 e. The molecule has 1 atom stereocenters. The topological polar surface area (TPSA) is 82.6 Å². The summed E-state index contributed by atoms with van der Waals surface area (Å²) in [6.45, 7) is 2.49. The molecule has 2 aromatic heterocycles. The van der Waals surface area contributed by atoms with Crippen molar-refractivity contribution in [2.75, 3.05) is 25.6 Å². The number of hydrogen-bond acceptors (Lipinski definition) is 5. The van der Waals surface area contributed by atoms with Gasteiger partial charge in [-0.1, -0.05) is 12.1 Å². The summed E-state index contributed by atoms with van der Waals surface area (Å²) >= 11 is 0. The lowest BCUT2D eigenvalue weighted by atomic mass is 10.1. The van der Waals surface area contributed by atoms with E-state index in [1.165, 1.54) is 0 Å². The Hall–Kier alpha value is -2.62. The molecule has 0 fully saturated rings. The quantitative estimate of drug-likeness (QED) is 0.754. The van der Waals surface area contributed by atoms with Crippen LogP contribution < -0.4 is 5.32 Å². The number of anilines is 1. The van der Waals surface area contributed by atoms with Gasteiger partial charge < -0.3 is 15.2 Å². The van der Waals surface area contributed by atoms with Crippen LogP contribution in [0.4, 0.5) is 5.82 Å². The van der Waals surface area contributed by atoms with Crippen LogP contribution in [0.15, 0.2) is 30.3 Å². The van der Waals surface area contributed by atoms with Crippen LogP contribution in [0, 0.1) is 18.3 Å². The van der Waals surface area contributed by atoms with E-state index in [2.05, 4.69) is 16.4 Å². The summed E-state index contributed by atoms with van der Waals surface area (Å²) in [4.78, 5) is 4.58. The van der Waals surface area contributed by atoms with E-state index in [0.29, 0.717) is 17.8 Å². The summed E-state index contributed by atoms with van der Waals surface area (Å²) in [5.41, 5.74) is 3.78. The summed E-state index contributed by atoms with van der Waals surface area (Å²) in [6, 6.07) is 11.9. The maximum absolute atomic E-state index is 9.85. The number of imidazole rings is 1. The van der Waals surface area contributed by atoms with Gasteiger partial charge in [0.15, 0.2) is 5.65 Å². The molecule has 0 radical (unpaired) electrons. The third-order valence-electron chi connectivity index (χ3n) is 3.76. The van der Waals surface area contributed by atoms with Gasteiger partial charge in [0.1, 0.15) is 11.9 Å². The van der Waals surface area contributed by atoms with Crippen molar-refractivity contribution >= 4 is 22.5 Å². The second-order valence-electron chi connectivity index (χ2n) is 5.45. The third-order valence-corrected chi connectivity index (χ3v) is 3.76. The zero-order valence-corrected chi connectivity index (χ0v) is 13.1. The van der Waals surface area contributed by atoms with Gasteiger partial charge in [0, 0.05) is 13.7 Å². The third kappa shape index (κ3) is 2.72. The SMILES string of the molecule is COCC(O)CNc1cc(C)c(C#N)c2nc3ccccc3n12. The van der Waals surface area contributed by atoms with E-state index in [1.54, 1.807) is 7.11 Å². The standard InChI is InChI=1S/C17H18N4O2/c1-11-7-16(19-9-12(22)10-23-2)21-15-6-4-3-5-14(15)20-17(21)13(11)8-18/h3-7,12,19,22H,9-10H2,1-2H3. The number of aryl methyl sites for hydroxylation is 1. The molecule has 0 saturated heterocycles. The highest BCUT2D eigenvalue weighted by Gasteiger charge is 2.15. The number of pyridine rings is 1. The van der Waals surface area contributed by atoms with Gasteiger partial charge in [-0.2, -0.15) is 5.26 Å². The highest BCUT2D eigenvalue weighted by atomic mass is 16.5. The van der Waals surface area contributed by atoms with E-state index in [1.807, 2.05) is 41.7 Å². The first-order chi connectivity index (χ1) is 11.2. The summed E-state index contributed by atoms with van der Waals surface area (Å²) < 4.78 is 6.86. The van der Waals surface area contributed by atoms with Gasteiger partial charge in [0.05, 0.1) is 29.3 Å². The molecule has 0 aliphatic heterocycles. The minimum absolute atomic E-state index is 0.260. The van der Waals surface area contributed by atoms with Crippen molar-refractivity contribution in [3.05, 3.63) is 41.5 Å². The zero-order valence-electron chi connectivity index (χ0n) is 13.1.